The topological polar surface area (TPSA) is 38.1 Å². The number of furan rings is 1. The number of thiazole rings is 1. The Morgan fingerprint density at radius 1 is 1.33 bits per heavy atom. The summed E-state index contributed by atoms with van der Waals surface area (Å²) in [7, 11) is 0. The van der Waals surface area contributed by atoms with E-state index in [1.807, 2.05) is 18.2 Å². The van der Waals surface area contributed by atoms with Gasteiger partial charge in [-0.05, 0) is 38.9 Å². The zero-order chi connectivity index (χ0) is 14.8. The first-order valence-corrected chi connectivity index (χ1v) is 8.20. The van der Waals surface area contributed by atoms with E-state index < -0.39 is 0 Å². The lowest BCUT2D eigenvalue weighted by Gasteiger charge is -2.11. The number of para-hydroxylation sites is 1. The van der Waals surface area contributed by atoms with Crippen LogP contribution in [0.2, 0.25) is 0 Å². The van der Waals surface area contributed by atoms with Crippen molar-refractivity contribution < 1.29 is 4.42 Å². The SMILES string of the molecule is CCCNC(C)c1sc(-c2cc3ccccc3o2)nc1C. The lowest BCUT2D eigenvalue weighted by Crippen LogP contribution is -2.18. The van der Waals surface area contributed by atoms with Crippen molar-refractivity contribution in [2.75, 3.05) is 6.54 Å². The summed E-state index contributed by atoms with van der Waals surface area (Å²) >= 11 is 1.72. The van der Waals surface area contributed by atoms with Crippen LogP contribution in [0.1, 0.15) is 36.9 Å². The van der Waals surface area contributed by atoms with Crippen molar-refractivity contribution in [3.8, 4) is 10.8 Å². The van der Waals surface area contributed by atoms with Crippen LogP contribution in [0, 0.1) is 6.92 Å². The summed E-state index contributed by atoms with van der Waals surface area (Å²) < 4.78 is 5.91. The van der Waals surface area contributed by atoms with Gasteiger partial charge < -0.3 is 9.73 Å². The van der Waals surface area contributed by atoms with Crippen molar-refractivity contribution in [3.05, 3.63) is 40.9 Å². The molecule has 21 heavy (non-hydrogen) atoms. The Balaban J connectivity index is 1.92. The van der Waals surface area contributed by atoms with Gasteiger partial charge in [0.2, 0.25) is 0 Å². The molecule has 110 valence electrons. The van der Waals surface area contributed by atoms with E-state index in [-0.39, 0.29) is 0 Å². The number of aromatic nitrogens is 1. The van der Waals surface area contributed by atoms with Gasteiger partial charge in [0.05, 0.1) is 5.69 Å². The summed E-state index contributed by atoms with van der Waals surface area (Å²) in [4.78, 5) is 5.98. The van der Waals surface area contributed by atoms with Crippen molar-refractivity contribution in [3.63, 3.8) is 0 Å². The Bertz CT molecular complexity index is 711. The standard InChI is InChI=1S/C17H20N2OS/c1-4-9-18-11(2)16-12(3)19-17(21-16)15-10-13-7-5-6-8-14(13)20-15/h5-8,10-11,18H,4,9H2,1-3H3. The Hall–Kier alpha value is -1.65. The maximum absolute atomic E-state index is 5.91. The molecule has 1 atom stereocenters. The molecular formula is C17H20N2OS. The van der Waals surface area contributed by atoms with Crippen LogP contribution in [-0.4, -0.2) is 11.5 Å². The Morgan fingerprint density at radius 2 is 2.14 bits per heavy atom. The third-order valence-electron chi connectivity index (χ3n) is 3.56. The number of hydrogen-bond donors (Lipinski definition) is 1. The van der Waals surface area contributed by atoms with Crippen LogP contribution in [0.4, 0.5) is 0 Å². The number of nitrogens with one attached hydrogen (secondary N) is 1. The van der Waals surface area contributed by atoms with E-state index in [1.165, 1.54) is 4.88 Å². The predicted molar refractivity (Wildman–Crippen MR) is 88.8 cm³/mol. The highest BCUT2D eigenvalue weighted by Gasteiger charge is 2.17. The van der Waals surface area contributed by atoms with Gasteiger partial charge >= 0.3 is 0 Å². The van der Waals surface area contributed by atoms with Gasteiger partial charge in [0.15, 0.2) is 10.8 Å². The third kappa shape index (κ3) is 2.87. The fraction of sp³-hybridized carbons (Fsp3) is 0.353. The molecule has 4 heteroatoms. The highest BCUT2D eigenvalue weighted by molar-refractivity contribution is 7.15. The summed E-state index contributed by atoms with van der Waals surface area (Å²) in [6.45, 7) is 7.47. The van der Waals surface area contributed by atoms with Crippen molar-refractivity contribution in [1.82, 2.24) is 10.3 Å². The van der Waals surface area contributed by atoms with Gasteiger partial charge in [-0.1, -0.05) is 25.1 Å². The quantitative estimate of drug-likeness (QED) is 0.726. The van der Waals surface area contributed by atoms with Crippen LogP contribution in [0.5, 0.6) is 0 Å². The van der Waals surface area contributed by atoms with Crippen molar-refractivity contribution >= 4 is 22.3 Å². The molecule has 3 nitrogen and oxygen atoms in total. The molecule has 0 aliphatic carbocycles. The molecule has 3 rings (SSSR count). The average molecular weight is 300 g/mol. The minimum Gasteiger partial charge on any atom is -0.454 e. The molecular weight excluding hydrogens is 280 g/mol. The summed E-state index contributed by atoms with van der Waals surface area (Å²) in [6, 6.07) is 10.5. The molecule has 3 aromatic rings. The first kappa shape index (κ1) is 14.3. The summed E-state index contributed by atoms with van der Waals surface area (Å²) in [6.07, 6.45) is 1.14. The molecule has 0 saturated carbocycles. The van der Waals surface area contributed by atoms with Gasteiger partial charge in [0, 0.05) is 16.3 Å². The molecule has 2 aromatic heterocycles. The van der Waals surface area contributed by atoms with Gasteiger partial charge in [0.1, 0.15) is 5.58 Å². The fourth-order valence-electron chi connectivity index (χ4n) is 2.46. The minimum atomic E-state index is 0.334. The Morgan fingerprint density at radius 3 is 2.90 bits per heavy atom. The summed E-state index contributed by atoms with van der Waals surface area (Å²) in [5.41, 5.74) is 2.01. The predicted octanol–water partition coefficient (Wildman–Crippen LogP) is 4.93. The first-order chi connectivity index (χ1) is 10.2. The van der Waals surface area contributed by atoms with Crippen LogP contribution in [0.25, 0.3) is 21.7 Å². The smallest absolute Gasteiger partial charge is 0.164 e. The second-order valence-electron chi connectivity index (χ2n) is 5.29. The van der Waals surface area contributed by atoms with Crippen LogP contribution < -0.4 is 5.32 Å². The van der Waals surface area contributed by atoms with E-state index in [2.05, 4.69) is 38.2 Å². The minimum absolute atomic E-state index is 0.334. The molecule has 0 aliphatic rings. The van der Waals surface area contributed by atoms with Gasteiger partial charge in [-0.15, -0.1) is 11.3 Å². The van der Waals surface area contributed by atoms with Crippen molar-refractivity contribution in [1.29, 1.82) is 0 Å². The van der Waals surface area contributed by atoms with Crippen LogP contribution in [0.15, 0.2) is 34.7 Å². The highest BCUT2D eigenvalue weighted by atomic mass is 32.1. The molecule has 0 spiro atoms. The van der Waals surface area contributed by atoms with Gasteiger partial charge in [0.25, 0.3) is 0 Å². The molecule has 0 bridgehead atoms. The largest absolute Gasteiger partial charge is 0.454 e. The number of benzene rings is 1. The van der Waals surface area contributed by atoms with Crippen LogP contribution in [0.3, 0.4) is 0 Å². The first-order valence-electron chi connectivity index (χ1n) is 7.38. The van der Waals surface area contributed by atoms with E-state index >= 15 is 0 Å². The van der Waals surface area contributed by atoms with Crippen molar-refractivity contribution in [2.45, 2.75) is 33.2 Å². The number of hydrogen-bond acceptors (Lipinski definition) is 4. The van der Waals surface area contributed by atoms with E-state index in [0.29, 0.717) is 6.04 Å². The lowest BCUT2D eigenvalue weighted by atomic mass is 10.2. The van der Waals surface area contributed by atoms with E-state index in [0.717, 1.165) is 40.4 Å². The van der Waals surface area contributed by atoms with Crippen LogP contribution in [-0.2, 0) is 0 Å². The zero-order valence-corrected chi connectivity index (χ0v) is 13.5. The van der Waals surface area contributed by atoms with Gasteiger partial charge in [-0.2, -0.15) is 0 Å². The monoisotopic (exact) mass is 300 g/mol. The highest BCUT2D eigenvalue weighted by Crippen LogP contribution is 2.34. The molecule has 1 N–H and O–H groups in total. The molecule has 0 aliphatic heterocycles. The Kier molecular flexibility index (Phi) is 4.08. The second-order valence-corrected chi connectivity index (χ2v) is 6.32. The third-order valence-corrected chi connectivity index (χ3v) is 4.92. The average Bonchev–Trinajstić information content (AvgIpc) is 3.07. The molecule has 0 amide bonds. The van der Waals surface area contributed by atoms with Gasteiger partial charge in [-0.25, -0.2) is 4.98 Å². The van der Waals surface area contributed by atoms with Crippen LogP contribution >= 0.6 is 11.3 Å². The summed E-state index contributed by atoms with van der Waals surface area (Å²) in [5.74, 6) is 0.859. The van der Waals surface area contributed by atoms with Gasteiger partial charge in [-0.3, -0.25) is 0 Å². The van der Waals surface area contributed by atoms with E-state index in [4.69, 9.17) is 9.40 Å². The normalized spacial score (nSPS) is 12.9. The zero-order valence-electron chi connectivity index (χ0n) is 12.6. The van der Waals surface area contributed by atoms with E-state index in [1.54, 1.807) is 11.3 Å². The molecule has 0 saturated heterocycles. The Labute approximate surface area is 129 Å². The number of rotatable bonds is 5. The second kappa shape index (κ2) is 6.00. The lowest BCUT2D eigenvalue weighted by molar-refractivity contribution is 0.575. The summed E-state index contributed by atoms with van der Waals surface area (Å²) in [5, 5.41) is 5.61. The number of fused-ring (bicyclic) bond motifs is 1. The number of nitrogens with zero attached hydrogens (tertiary/aromatic N) is 1. The maximum atomic E-state index is 5.91. The maximum Gasteiger partial charge on any atom is 0.164 e. The van der Waals surface area contributed by atoms with E-state index in [9.17, 15) is 0 Å². The molecule has 1 aromatic carbocycles. The number of aryl methyl sites for hydroxylation is 1. The fourth-order valence-corrected chi connectivity index (χ4v) is 3.50. The molecule has 0 fully saturated rings. The molecule has 2 heterocycles. The molecule has 1 unspecified atom stereocenters. The van der Waals surface area contributed by atoms with Crippen molar-refractivity contribution in [2.24, 2.45) is 0 Å². The molecule has 0 radical (unpaired) electrons.